The van der Waals surface area contributed by atoms with E-state index in [1.165, 1.54) is 99.8 Å². The molecule has 0 heterocycles. The van der Waals surface area contributed by atoms with Crippen molar-refractivity contribution in [1.82, 2.24) is 0 Å². The summed E-state index contributed by atoms with van der Waals surface area (Å²) in [5, 5.41) is 2.52. The molecule has 65 heavy (non-hydrogen) atoms. The quantitative estimate of drug-likeness (QED) is 0.155. The maximum atomic E-state index is 2.47. The van der Waals surface area contributed by atoms with Crippen molar-refractivity contribution in [3.8, 4) is 66.8 Å². The fraction of sp³-hybridized carbons (Fsp3) is 0.0938. The van der Waals surface area contributed by atoms with Gasteiger partial charge in [0.05, 0.1) is 0 Å². The van der Waals surface area contributed by atoms with E-state index in [0.29, 0.717) is 0 Å². The maximum absolute atomic E-state index is 2.47. The minimum atomic E-state index is -0.206. The minimum absolute atomic E-state index is 0.184. The summed E-state index contributed by atoms with van der Waals surface area (Å²) in [6.45, 7) is 9.57. The summed E-state index contributed by atoms with van der Waals surface area (Å²) >= 11 is 0. The molecule has 0 saturated carbocycles. The Balaban J connectivity index is 0.950. The molecular weight excluding hydrogens is 783 g/mol. The average molecular weight is 832 g/mol. The molecule has 2 aliphatic rings. The molecule has 2 aliphatic carbocycles. The van der Waals surface area contributed by atoms with Gasteiger partial charge in [-0.15, -0.1) is 0 Å². The van der Waals surface area contributed by atoms with Crippen LogP contribution in [-0.2, 0) is 10.8 Å². The zero-order valence-electron chi connectivity index (χ0n) is 37.3. The summed E-state index contributed by atoms with van der Waals surface area (Å²) in [6, 6.07) is 83.3. The topological polar surface area (TPSA) is 3.24 Å². The lowest BCUT2D eigenvalue weighted by molar-refractivity contribution is 0.660. The number of anilines is 3. The predicted octanol–water partition coefficient (Wildman–Crippen LogP) is 17.6. The second-order valence-corrected chi connectivity index (χ2v) is 18.9. The molecule has 0 N–H and O–H groups in total. The van der Waals surface area contributed by atoms with Gasteiger partial charge in [0.1, 0.15) is 0 Å². The van der Waals surface area contributed by atoms with Crippen molar-refractivity contribution >= 4 is 27.8 Å². The Bertz CT molecular complexity index is 3440. The third kappa shape index (κ3) is 6.37. The smallest absolute Gasteiger partial charge is 0.0465 e. The maximum Gasteiger partial charge on any atom is 0.0465 e. The highest BCUT2D eigenvalue weighted by molar-refractivity contribution is 5.97. The van der Waals surface area contributed by atoms with Crippen molar-refractivity contribution in [2.75, 3.05) is 4.90 Å². The summed E-state index contributed by atoms with van der Waals surface area (Å²) < 4.78 is 0. The van der Waals surface area contributed by atoms with Crippen molar-refractivity contribution < 1.29 is 0 Å². The molecule has 0 spiro atoms. The van der Waals surface area contributed by atoms with Crippen LogP contribution >= 0.6 is 0 Å². The Morgan fingerprint density at radius 1 is 0.262 bits per heavy atom. The fourth-order valence-corrected chi connectivity index (χ4v) is 10.9. The zero-order valence-corrected chi connectivity index (χ0v) is 37.3. The van der Waals surface area contributed by atoms with E-state index in [0.717, 1.165) is 17.1 Å². The first-order valence-electron chi connectivity index (χ1n) is 22.9. The molecule has 0 bridgehead atoms. The summed E-state index contributed by atoms with van der Waals surface area (Å²) in [5.41, 5.74) is 23.7. The van der Waals surface area contributed by atoms with Crippen molar-refractivity contribution in [2.45, 2.75) is 38.5 Å². The van der Waals surface area contributed by atoms with Gasteiger partial charge in [0.2, 0.25) is 0 Å². The Hall–Kier alpha value is -7.74. The Labute approximate surface area is 383 Å². The number of hydrogen-bond acceptors (Lipinski definition) is 1. The average Bonchev–Trinajstić information content (AvgIpc) is 3.72. The van der Waals surface area contributed by atoms with Gasteiger partial charge in [-0.05, 0) is 148 Å². The molecule has 0 saturated heterocycles. The van der Waals surface area contributed by atoms with Crippen LogP contribution in [0.1, 0.15) is 49.9 Å². The lowest BCUT2D eigenvalue weighted by atomic mass is 9.81. The Morgan fingerprint density at radius 3 is 1.17 bits per heavy atom. The normalized spacial score (nSPS) is 13.8. The van der Waals surface area contributed by atoms with E-state index in [1.807, 2.05) is 0 Å². The highest BCUT2D eigenvalue weighted by Gasteiger charge is 2.38. The van der Waals surface area contributed by atoms with Crippen molar-refractivity contribution in [3.05, 3.63) is 247 Å². The molecule has 1 heteroatoms. The molecule has 0 amide bonds. The predicted molar refractivity (Wildman–Crippen MR) is 276 cm³/mol. The van der Waals surface area contributed by atoms with Crippen LogP contribution in [-0.4, -0.2) is 0 Å². The molecule has 10 aromatic rings. The Kier molecular flexibility index (Phi) is 8.94. The molecule has 0 unspecified atom stereocenters. The first kappa shape index (κ1) is 38.9. The monoisotopic (exact) mass is 831 g/mol. The summed E-state index contributed by atoms with van der Waals surface area (Å²) in [6.07, 6.45) is 0. The van der Waals surface area contributed by atoms with Crippen LogP contribution in [0.25, 0.3) is 77.5 Å². The first-order valence-corrected chi connectivity index (χ1v) is 22.9. The van der Waals surface area contributed by atoms with Gasteiger partial charge in [-0.2, -0.15) is 0 Å². The second-order valence-electron chi connectivity index (χ2n) is 18.9. The van der Waals surface area contributed by atoms with Gasteiger partial charge in [-0.3, -0.25) is 0 Å². The second kappa shape index (κ2) is 14.9. The van der Waals surface area contributed by atoms with Gasteiger partial charge < -0.3 is 4.90 Å². The summed E-state index contributed by atoms with van der Waals surface area (Å²) in [5.74, 6) is 0. The van der Waals surface area contributed by atoms with Crippen molar-refractivity contribution in [1.29, 1.82) is 0 Å². The molecule has 310 valence electrons. The van der Waals surface area contributed by atoms with Crippen LogP contribution in [0, 0.1) is 0 Å². The Morgan fingerprint density at radius 2 is 0.631 bits per heavy atom. The van der Waals surface area contributed by atoms with Gasteiger partial charge in [0.15, 0.2) is 0 Å². The van der Waals surface area contributed by atoms with E-state index in [9.17, 15) is 0 Å². The third-order valence-corrected chi connectivity index (χ3v) is 14.5. The number of rotatable bonds is 7. The molecule has 0 fully saturated rings. The van der Waals surface area contributed by atoms with E-state index < -0.39 is 0 Å². The van der Waals surface area contributed by atoms with Gasteiger partial charge in [-0.25, -0.2) is 0 Å². The van der Waals surface area contributed by atoms with E-state index in [2.05, 4.69) is 257 Å². The van der Waals surface area contributed by atoms with Gasteiger partial charge in [0, 0.05) is 27.9 Å². The van der Waals surface area contributed by atoms with Gasteiger partial charge in [-0.1, -0.05) is 204 Å². The van der Waals surface area contributed by atoms with Crippen molar-refractivity contribution in [2.24, 2.45) is 0 Å². The molecule has 10 aromatic carbocycles. The SMILES string of the molecule is CC1(C)c2cc(-c3ccccc3)ccc2-c2ccc(N(c3ccc(-c4cccc5ccccc45)cc3)c3ccc4c(c3)C(C)(C)c3cc(-c5ccc(-c6ccccc6)cc5)ccc3-4)cc21. The van der Waals surface area contributed by atoms with Crippen LogP contribution in [0.5, 0.6) is 0 Å². The molecule has 1 nitrogen and oxygen atoms in total. The molecule has 0 radical (unpaired) electrons. The number of fused-ring (bicyclic) bond motifs is 7. The highest BCUT2D eigenvalue weighted by Crippen LogP contribution is 2.54. The minimum Gasteiger partial charge on any atom is -0.310 e. The number of benzene rings is 10. The summed E-state index contributed by atoms with van der Waals surface area (Å²) in [4.78, 5) is 2.47. The fourth-order valence-electron chi connectivity index (χ4n) is 10.9. The number of nitrogens with zero attached hydrogens (tertiary/aromatic N) is 1. The molecule has 0 aromatic heterocycles. The molecule has 0 atom stereocenters. The number of hydrogen-bond donors (Lipinski definition) is 0. The molecular formula is C64H49N. The van der Waals surface area contributed by atoms with E-state index >= 15 is 0 Å². The lowest BCUT2D eigenvalue weighted by Gasteiger charge is -2.30. The largest absolute Gasteiger partial charge is 0.310 e. The molecule has 12 rings (SSSR count). The van der Waals surface area contributed by atoms with Crippen LogP contribution < -0.4 is 4.90 Å². The highest BCUT2D eigenvalue weighted by atomic mass is 15.1. The zero-order chi connectivity index (χ0) is 43.9. The van der Waals surface area contributed by atoms with E-state index in [1.54, 1.807) is 0 Å². The lowest BCUT2D eigenvalue weighted by Crippen LogP contribution is -2.18. The van der Waals surface area contributed by atoms with Crippen LogP contribution in [0.3, 0.4) is 0 Å². The third-order valence-electron chi connectivity index (χ3n) is 14.5. The standard InChI is InChI=1S/C64H49N/c1-63(2)59-38-48(43-16-9-6-10-17-43)28-34-55(59)57-36-32-51(40-61(57)63)65(50-30-26-47(27-31-50)54-21-13-19-46-18-11-12-20-53(46)54)52-33-37-58-56-35-29-49(39-60(56)64(3,4)62(58)41-52)45-24-22-44(23-25-45)42-14-7-5-8-15-42/h5-41H,1-4H3. The van der Waals surface area contributed by atoms with Gasteiger partial charge >= 0.3 is 0 Å². The van der Waals surface area contributed by atoms with Crippen LogP contribution in [0.4, 0.5) is 17.1 Å². The first-order chi connectivity index (χ1) is 31.7. The molecule has 0 aliphatic heterocycles. The van der Waals surface area contributed by atoms with E-state index in [4.69, 9.17) is 0 Å². The van der Waals surface area contributed by atoms with Crippen LogP contribution in [0.15, 0.2) is 224 Å². The van der Waals surface area contributed by atoms with Crippen LogP contribution in [0.2, 0.25) is 0 Å². The van der Waals surface area contributed by atoms with Crippen molar-refractivity contribution in [3.63, 3.8) is 0 Å². The van der Waals surface area contributed by atoms with Gasteiger partial charge in [0.25, 0.3) is 0 Å². The summed E-state index contributed by atoms with van der Waals surface area (Å²) in [7, 11) is 0. The van der Waals surface area contributed by atoms with E-state index in [-0.39, 0.29) is 10.8 Å².